The summed E-state index contributed by atoms with van der Waals surface area (Å²) in [6, 6.07) is 13.4. The number of carbonyl (C=O) groups is 2. The minimum Gasteiger partial charge on any atom is -0.444 e. The van der Waals surface area contributed by atoms with Crippen molar-refractivity contribution in [3.05, 3.63) is 74.8 Å². The third kappa shape index (κ3) is 4.65. The Labute approximate surface area is 155 Å². The molecule has 0 radical (unpaired) electrons. The second kappa shape index (κ2) is 7.91. The fourth-order valence-electron chi connectivity index (χ4n) is 1.83. The molecule has 6 nitrogen and oxygen atoms in total. The summed E-state index contributed by atoms with van der Waals surface area (Å²) in [5, 5.41) is 5.66. The quantitative estimate of drug-likeness (QED) is 0.292. The first-order chi connectivity index (χ1) is 12.1. The summed E-state index contributed by atoms with van der Waals surface area (Å²) in [7, 11) is 0. The van der Waals surface area contributed by atoms with Crippen LogP contribution >= 0.6 is 27.3 Å². The van der Waals surface area contributed by atoms with E-state index in [1.54, 1.807) is 42.5 Å². The van der Waals surface area contributed by atoms with Crippen LogP contribution in [0.3, 0.4) is 0 Å². The number of nitrogens with zero attached hydrogens (tertiary/aromatic N) is 1. The maximum absolute atomic E-state index is 11.8. The normalized spacial score (nSPS) is 10.8. The first-order valence-electron chi connectivity index (χ1n) is 7.06. The van der Waals surface area contributed by atoms with Gasteiger partial charge in [0.1, 0.15) is 10.6 Å². The third-order valence-corrected chi connectivity index (χ3v) is 4.27. The predicted molar refractivity (Wildman–Crippen MR) is 97.2 cm³/mol. The van der Waals surface area contributed by atoms with Crippen LogP contribution in [0.1, 0.15) is 25.8 Å². The molecule has 1 amide bonds. The highest BCUT2D eigenvalue weighted by atomic mass is 79.9. The highest BCUT2D eigenvalue weighted by molar-refractivity contribution is 9.10. The summed E-state index contributed by atoms with van der Waals surface area (Å²) in [4.78, 5) is 24.1. The van der Waals surface area contributed by atoms with Gasteiger partial charge in [-0.05, 0) is 69.3 Å². The number of esters is 1. The Bertz CT molecular complexity index is 901. The van der Waals surface area contributed by atoms with Gasteiger partial charge < -0.3 is 9.15 Å². The summed E-state index contributed by atoms with van der Waals surface area (Å²) in [5.41, 5.74) is 3.09. The topological polar surface area (TPSA) is 80.9 Å². The van der Waals surface area contributed by atoms with Crippen molar-refractivity contribution in [3.63, 3.8) is 0 Å². The summed E-state index contributed by atoms with van der Waals surface area (Å²) in [6.45, 7) is 0. The number of nitrogens with one attached hydrogen (secondary N) is 1. The number of ether oxygens (including phenoxy) is 1. The van der Waals surface area contributed by atoms with Crippen molar-refractivity contribution in [2.24, 2.45) is 5.10 Å². The molecular formula is C17H11BrN2O4S. The van der Waals surface area contributed by atoms with Gasteiger partial charge in [0.25, 0.3) is 0 Å². The Morgan fingerprint density at radius 3 is 2.60 bits per heavy atom. The highest BCUT2D eigenvalue weighted by Gasteiger charge is 2.10. The molecule has 0 aliphatic carbocycles. The number of hydrogen-bond acceptors (Lipinski definition) is 6. The monoisotopic (exact) mass is 418 g/mol. The molecule has 0 bridgehead atoms. The zero-order valence-corrected chi connectivity index (χ0v) is 15.0. The molecular weight excluding hydrogens is 408 g/mol. The molecule has 0 unspecified atom stereocenters. The van der Waals surface area contributed by atoms with Crippen LogP contribution in [0.25, 0.3) is 0 Å². The smallest absolute Gasteiger partial charge is 0.353 e. The number of carbonyl (C=O) groups excluding carboxylic acids is 2. The van der Waals surface area contributed by atoms with Crippen LogP contribution in [-0.2, 0) is 0 Å². The van der Waals surface area contributed by atoms with Crippen molar-refractivity contribution >= 4 is 45.4 Å². The van der Waals surface area contributed by atoms with E-state index in [1.165, 1.54) is 23.6 Å². The molecule has 2 aromatic heterocycles. The van der Waals surface area contributed by atoms with E-state index in [4.69, 9.17) is 9.15 Å². The molecule has 0 saturated heterocycles. The largest absolute Gasteiger partial charge is 0.444 e. The van der Waals surface area contributed by atoms with Crippen LogP contribution in [0.15, 0.2) is 68.1 Å². The van der Waals surface area contributed by atoms with Crippen LogP contribution in [0.5, 0.6) is 5.75 Å². The molecule has 0 fully saturated rings. The molecule has 0 atom stereocenters. The van der Waals surface area contributed by atoms with Crippen molar-refractivity contribution in [2.45, 2.75) is 0 Å². The highest BCUT2D eigenvalue weighted by Crippen LogP contribution is 2.16. The number of halogens is 1. The van der Waals surface area contributed by atoms with Crippen molar-refractivity contribution in [1.82, 2.24) is 5.43 Å². The van der Waals surface area contributed by atoms with E-state index in [-0.39, 0.29) is 5.76 Å². The Morgan fingerprint density at radius 1 is 1.16 bits per heavy atom. The van der Waals surface area contributed by atoms with E-state index < -0.39 is 11.9 Å². The lowest BCUT2D eigenvalue weighted by Gasteiger charge is -2.02. The SMILES string of the molecule is O=C(N/N=C\c1ccc(OC(=O)c2cccs2)cc1)c1ccc(Br)o1. The summed E-state index contributed by atoms with van der Waals surface area (Å²) >= 11 is 4.44. The van der Waals surface area contributed by atoms with Gasteiger partial charge in [-0.15, -0.1) is 11.3 Å². The molecule has 1 aromatic carbocycles. The van der Waals surface area contributed by atoms with Gasteiger partial charge in [0.15, 0.2) is 10.4 Å². The number of furan rings is 1. The average Bonchev–Trinajstić information content (AvgIpc) is 3.28. The van der Waals surface area contributed by atoms with E-state index in [1.807, 2.05) is 5.38 Å². The van der Waals surface area contributed by atoms with E-state index in [0.29, 0.717) is 15.3 Å². The van der Waals surface area contributed by atoms with Crippen LogP contribution in [-0.4, -0.2) is 18.1 Å². The molecule has 8 heteroatoms. The average molecular weight is 419 g/mol. The Morgan fingerprint density at radius 2 is 1.96 bits per heavy atom. The van der Waals surface area contributed by atoms with Gasteiger partial charge in [0.2, 0.25) is 0 Å². The summed E-state index contributed by atoms with van der Waals surface area (Å²) in [5.74, 6) is -0.267. The van der Waals surface area contributed by atoms with Gasteiger partial charge in [-0.1, -0.05) is 6.07 Å². The lowest BCUT2D eigenvalue weighted by molar-refractivity contribution is 0.0739. The van der Waals surface area contributed by atoms with Crippen LogP contribution in [0.2, 0.25) is 0 Å². The van der Waals surface area contributed by atoms with Gasteiger partial charge >= 0.3 is 11.9 Å². The lowest BCUT2D eigenvalue weighted by Crippen LogP contribution is -2.16. The number of hydrazone groups is 1. The maximum atomic E-state index is 11.8. The fourth-order valence-corrected chi connectivity index (χ4v) is 2.74. The minimum atomic E-state index is -0.455. The Hall–Kier alpha value is -2.71. The fraction of sp³-hybridized carbons (Fsp3) is 0. The third-order valence-electron chi connectivity index (χ3n) is 2.99. The number of thiophene rings is 1. The zero-order chi connectivity index (χ0) is 17.6. The Kier molecular flexibility index (Phi) is 5.42. The molecule has 0 aliphatic rings. The van der Waals surface area contributed by atoms with Gasteiger partial charge in [0.05, 0.1) is 6.21 Å². The van der Waals surface area contributed by atoms with E-state index in [9.17, 15) is 9.59 Å². The summed E-state index contributed by atoms with van der Waals surface area (Å²) < 4.78 is 10.8. The van der Waals surface area contributed by atoms with Crippen molar-refractivity contribution in [3.8, 4) is 5.75 Å². The molecule has 1 N–H and O–H groups in total. The van der Waals surface area contributed by atoms with Crippen molar-refractivity contribution in [2.75, 3.05) is 0 Å². The molecule has 0 saturated carbocycles. The van der Waals surface area contributed by atoms with E-state index in [0.717, 1.165) is 5.56 Å². The predicted octanol–water partition coefficient (Wildman–Crippen LogP) is 4.09. The number of benzene rings is 1. The first kappa shape index (κ1) is 17.1. The molecule has 126 valence electrons. The van der Waals surface area contributed by atoms with Crippen LogP contribution < -0.4 is 10.2 Å². The van der Waals surface area contributed by atoms with Gasteiger partial charge in [-0.25, -0.2) is 10.2 Å². The number of rotatable bonds is 5. The molecule has 0 aliphatic heterocycles. The van der Waals surface area contributed by atoms with E-state index in [2.05, 4.69) is 26.5 Å². The second-order valence-electron chi connectivity index (χ2n) is 4.74. The maximum Gasteiger partial charge on any atom is 0.353 e. The molecule has 0 spiro atoms. The molecule has 25 heavy (non-hydrogen) atoms. The number of hydrogen-bond donors (Lipinski definition) is 1. The second-order valence-corrected chi connectivity index (χ2v) is 6.47. The number of amides is 1. The van der Waals surface area contributed by atoms with E-state index >= 15 is 0 Å². The van der Waals surface area contributed by atoms with Gasteiger partial charge in [-0.3, -0.25) is 4.79 Å². The molecule has 3 rings (SSSR count). The standard InChI is InChI=1S/C17H11BrN2O4S/c18-15-8-7-13(24-15)16(21)20-19-10-11-3-5-12(6-4-11)23-17(22)14-2-1-9-25-14/h1-10H,(H,20,21)/b19-10-. The van der Waals surface area contributed by atoms with Crippen molar-refractivity contribution in [1.29, 1.82) is 0 Å². The first-order valence-corrected chi connectivity index (χ1v) is 8.73. The zero-order valence-electron chi connectivity index (χ0n) is 12.6. The minimum absolute atomic E-state index is 0.153. The van der Waals surface area contributed by atoms with Crippen LogP contribution in [0.4, 0.5) is 0 Å². The molecule has 2 heterocycles. The van der Waals surface area contributed by atoms with Crippen LogP contribution in [0, 0.1) is 0 Å². The van der Waals surface area contributed by atoms with Gasteiger partial charge in [0, 0.05) is 0 Å². The van der Waals surface area contributed by atoms with Gasteiger partial charge in [-0.2, -0.15) is 5.10 Å². The van der Waals surface area contributed by atoms with Crippen molar-refractivity contribution < 1.29 is 18.7 Å². The summed E-state index contributed by atoms with van der Waals surface area (Å²) in [6.07, 6.45) is 1.47. The molecule has 3 aromatic rings. The lowest BCUT2D eigenvalue weighted by atomic mass is 10.2. The Balaban J connectivity index is 1.55.